The molecule has 3 aromatic carbocycles. The van der Waals surface area contributed by atoms with Gasteiger partial charge in [-0.2, -0.15) is 0 Å². The van der Waals surface area contributed by atoms with Crippen molar-refractivity contribution in [3.63, 3.8) is 0 Å². The van der Waals surface area contributed by atoms with Crippen LogP contribution >= 0.6 is 0 Å². The fourth-order valence-corrected chi connectivity index (χ4v) is 3.02. The van der Waals surface area contributed by atoms with E-state index in [2.05, 4.69) is 66.0 Å². The minimum Gasteiger partial charge on any atom is -0.108 e. The zero-order chi connectivity index (χ0) is 12.8. The van der Waals surface area contributed by atoms with Gasteiger partial charge >= 0.3 is 0 Å². The molecule has 0 atom stereocenters. The molecular weight excluding hydrogens is 230 g/mol. The highest BCUT2D eigenvalue weighted by Gasteiger charge is 2.21. The van der Waals surface area contributed by atoms with E-state index < -0.39 is 0 Å². The Balaban J connectivity index is 2.21. The third kappa shape index (κ3) is 1.33. The highest BCUT2D eigenvalue weighted by atomic mass is 14.5. The summed E-state index contributed by atoms with van der Waals surface area (Å²) in [6.45, 7) is 3.54. The molecule has 0 saturated carbocycles. The Kier molecular flexibility index (Phi) is 2.00. The lowest BCUT2D eigenvalue weighted by molar-refractivity contribution is 1.67. The summed E-state index contributed by atoms with van der Waals surface area (Å²) in [5.74, 6) is 0. The Bertz CT molecular complexity index is 868. The van der Waals surface area contributed by atoms with Gasteiger partial charge in [-0.1, -0.05) is 42.5 Å². The first-order chi connectivity index (χ1) is 9.38. The van der Waals surface area contributed by atoms with Crippen LogP contribution in [0.1, 0.15) is 5.56 Å². The largest absolute Gasteiger partial charge is 0.298 e. The molecule has 0 N–H and O–H groups in total. The van der Waals surface area contributed by atoms with Gasteiger partial charge in [0.2, 0.25) is 0 Å². The number of hydrogen-bond donors (Lipinski definition) is 0. The Morgan fingerprint density at radius 2 is 1.53 bits per heavy atom. The monoisotopic (exact) mass is 242 g/mol. The molecule has 4 rings (SSSR count). The summed E-state index contributed by atoms with van der Waals surface area (Å²) in [5, 5.41) is 2.62. The minimum absolute atomic E-state index is 1.10. The smallest absolute Gasteiger partial charge is 0.108 e. The second-order valence-corrected chi connectivity index (χ2v) is 4.83. The summed E-state index contributed by atoms with van der Waals surface area (Å²) in [4.78, 5) is 0. The second-order valence-electron chi connectivity index (χ2n) is 4.83. The van der Waals surface area contributed by atoms with Gasteiger partial charge in [0, 0.05) is 0 Å². The molecule has 0 bridgehead atoms. The number of rotatable bonds is 1. The fraction of sp³-hybridized carbons (Fsp3) is 0. The lowest BCUT2D eigenvalue weighted by Gasteiger charge is -2.02. The van der Waals surface area contributed by atoms with Gasteiger partial charge in [-0.15, -0.1) is 4.67 Å². The Labute approximate surface area is 111 Å². The predicted molar refractivity (Wildman–Crippen MR) is 82.8 cm³/mol. The van der Waals surface area contributed by atoms with Gasteiger partial charge in [0.25, 0.3) is 12.9 Å². The van der Waals surface area contributed by atoms with Crippen molar-refractivity contribution in [1.29, 1.82) is 0 Å². The van der Waals surface area contributed by atoms with E-state index in [1.54, 1.807) is 0 Å². The van der Waals surface area contributed by atoms with E-state index in [-0.39, 0.29) is 0 Å². The molecule has 19 heavy (non-hydrogen) atoms. The van der Waals surface area contributed by atoms with Crippen LogP contribution in [0.25, 0.3) is 33.0 Å². The molecule has 0 aliphatic heterocycles. The van der Waals surface area contributed by atoms with Crippen molar-refractivity contribution in [2.24, 2.45) is 0 Å². The van der Waals surface area contributed by atoms with Gasteiger partial charge in [-0.05, 0) is 45.2 Å². The van der Waals surface area contributed by atoms with E-state index in [1.807, 2.05) is 6.21 Å². The molecule has 0 amide bonds. The molecule has 0 unspecified atom stereocenters. The van der Waals surface area contributed by atoms with Crippen LogP contribution in [-0.2, 0) is 0 Å². The minimum atomic E-state index is 1.10. The molecule has 0 saturated heterocycles. The Hall–Kier alpha value is -2.63. The van der Waals surface area contributed by atoms with Crippen molar-refractivity contribution in [2.45, 2.75) is 0 Å². The number of hydrogen-bond acceptors (Lipinski definition) is 0. The lowest BCUT2D eigenvalue weighted by atomic mass is 10.0. The lowest BCUT2D eigenvalue weighted by Crippen LogP contribution is -1.86. The molecule has 1 nitrogen and oxygen atoms in total. The van der Waals surface area contributed by atoms with Crippen molar-refractivity contribution >= 4 is 23.7 Å². The van der Waals surface area contributed by atoms with Gasteiger partial charge in [0.05, 0.1) is 5.56 Å². The zero-order valence-corrected chi connectivity index (χ0v) is 10.4. The molecule has 1 heteroatoms. The van der Waals surface area contributed by atoms with E-state index in [9.17, 15) is 0 Å². The van der Waals surface area contributed by atoms with Gasteiger partial charge in [0.1, 0.15) is 0 Å². The average Bonchev–Trinajstić information content (AvgIpc) is 2.77. The maximum Gasteiger partial charge on any atom is 0.298 e. The van der Waals surface area contributed by atoms with Crippen LogP contribution < -0.4 is 4.67 Å². The Morgan fingerprint density at radius 3 is 2.32 bits per heavy atom. The number of nitrogens with zero attached hydrogens (tertiary/aromatic N) is 1. The Morgan fingerprint density at radius 1 is 0.789 bits per heavy atom. The van der Waals surface area contributed by atoms with E-state index in [4.69, 9.17) is 0 Å². The van der Waals surface area contributed by atoms with Crippen molar-refractivity contribution in [2.75, 3.05) is 0 Å². The maximum atomic E-state index is 3.89. The van der Waals surface area contributed by atoms with Crippen LogP contribution in [0.5, 0.6) is 0 Å². The van der Waals surface area contributed by atoms with E-state index in [0.717, 1.165) is 5.56 Å². The first-order valence-corrected chi connectivity index (χ1v) is 6.34. The maximum absolute atomic E-state index is 3.89. The van der Waals surface area contributed by atoms with Crippen LogP contribution in [0.15, 0.2) is 54.6 Å². The van der Waals surface area contributed by atoms with Crippen LogP contribution in [-0.4, -0.2) is 12.9 Å². The number of fused-ring (bicyclic) bond motifs is 3. The average molecular weight is 242 g/mol. The topological polar surface area (TPSA) is 14.1 Å². The van der Waals surface area contributed by atoms with E-state index in [1.165, 1.54) is 33.0 Å². The van der Waals surface area contributed by atoms with Crippen molar-refractivity contribution in [3.8, 4) is 22.3 Å². The standard InChI is InChI=1S/C18H12N/c1-19-11-12-9-13-5-4-8-16-14-6-2-3-7-15(14)17(10-12)18(13)16/h2-11H,1H2/q+1. The van der Waals surface area contributed by atoms with Crippen LogP contribution in [0.2, 0.25) is 0 Å². The predicted octanol–water partition coefficient (Wildman–Crippen LogP) is 3.67. The summed E-state index contributed by atoms with van der Waals surface area (Å²) >= 11 is 0. The second kappa shape index (κ2) is 3.68. The summed E-state index contributed by atoms with van der Waals surface area (Å²) in [7, 11) is 0. The number of benzene rings is 3. The van der Waals surface area contributed by atoms with Gasteiger partial charge in [0.15, 0.2) is 0 Å². The summed E-state index contributed by atoms with van der Waals surface area (Å²) in [6.07, 6.45) is 1.81. The third-order valence-electron chi connectivity index (χ3n) is 3.75. The summed E-state index contributed by atoms with van der Waals surface area (Å²) in [6, 6.07) is 19.4. The van der Waals surface area contributed by atoms with Crippen LogP contribution in [0, 0.1) is 0 Å². The zero-order valence-electron chi connectivity index (χ0n) is 10.4. The van der Waals surface area contributed by atoms with Crippen molar-refractivity contribution < 1.29 is 0 Å². The molecule has 0 heterocycles. The van der Waals surface area contributed by atoms with Gasteiger partial charge in [-0.25, -0.2) is 0 Å². The molecule has 0 aromatic heterocycles. The molecular formula is C18H12N+. The quantitative estimate of drug-likeness (QED) is 0.357. The first kappa shape index (κ1) is 10.3. The molecule has 1 aliphatic rings. The third-order valence-corrected chi connectivity index (χ3v) is 3.75. The van der Waals surface area contributed by atoms with Crippen LogP contribution in [0.4, 0.5) is 0 Å². The fourth-order valence-electron chi connectivity index (χ4n) is 3.02. The van der Waals surface area contributed by atoms with Gasteiger partial charge in [-0.3, -0.25) is 0 Å². The molecule has 0 radical (unpaired) electrons. The first-order valence-electron chi connectivity index (χ1n) is 6.34. The van der Waals surface area contributed by atoms with E-state index in [0.29, 0.717) is 0 Å². The molecule has 0 fully saturated rings. The summed E-state index contributed by atoms with van der Waals surface area (Å²) in [5.41, 5.74) is 6.38. The summed E-state index contributed by atoms with van der Waals surface area (Å²) < 4.78 is 3.89. The molecule has 3 aromatic rings. The van der Waals surface area contributed by atoms with Crippen LogP contribution in [0.3, 0.4) is 0 Å². The highest BCUT2D eigenvalue weighted by molar-refractivity contribution is 6.16. The van der Waals surface area contributed by atoms with Gasteiger partial charge < -0.3 is 0 Å². The molecule has 1 aliphatic carbocycles. The van der Waals surface area contributed by atoms with Crippen molar-refractivity contribution in [3.05, 3.63) is 60.2 Å². The molecule has 88 valence electrons. The molecule has 0 spiro atoms. The van der Waals surface area contributed by atoms with E-state index >= 15 is 0 Å². The van der Waals surface area contributed by atoms with Crippen molar-refractivity contribution in [1.82, 2.24) is 4.67 Å². The normalized spacial score (nSPS) is 11.2. The highest BCUT2D eigenvalue weighted by Crippen LogP contribution is 2.47. The SMILES string of the molecule is C=[N+]=Cc1cc2c3c(cccc3c1)-c1ccccc1-2.